The number of aromatic nitrogens is 2. The van der Waals surface area contributed by atoms with E-state index in [9.17, 15) is 4.79 Å². The standard InChI is InChI=1S/C18H30N4O/c1-4-9-21-10-15-5-6-16(21)12-22(11-15)18(23)8-7-17-13(2)19-20-14(17)3/h15-16H,4-12H2,1-3H3,(H,19,20)/t15-,16-/m1/s1. The van der Waals surface area contributed by atoms with E-state index in [1.165, 1.54) is 37.9 Å². The number of rotatable bonds is 5. The highest BCUT2D eigenvalue weighted by Gasteiger charge is 2.35. The monoisotopic (exact) mass is 318 g/mol. The molecule has 0 aromatic carbocycles. The Hall–Kier alpha value is -1.36. The Balaban J connectivity index is 1.60. The molecule has 3 aliphatic heterocycles. The minimum absolute atomic E-state index is 0.320. The molecule has 2 atom stereocenters. The van der Waals surface area contributed by atoms with E-state index in [2.05, 4.69) is 26.9 Å². The molecule has 3 saturated heterocycles. The molecule has 0 radical (unpaired) electrons. The highest BCUT2D eigenvalue weighted by molar-refractivity contribution is 5.76. The topological polar surface area (TPSA) is 52.2 Å². The summed E-state index contributed by atoms with van der Waals surface area (Å²) in [6.07, 6.45) is 5.16. The van der Waals surface area contributed by atoms with Gasteiger partial charge >= 0.3 is 0 Å². The number of fused-ring (bicyclic) bond motifs is 4. The van der Waals surface area contributed by atoms with Gasteiger partial charge in [-0.25, -0.2) is 0 Å². The van der Waals surface area contributed by atoms with Crippen LogP contribution in [-0.2, 0) is 11.2 Å². The van der Waals surface area contributed by atoms with E-state index in [4.69, 9.17) is 0 Å². The third-order valence-corrected chi connectivity index (χ3v) is 5.56. The van der Waals surface area contributed by atoms with E-state index in [1.807, 2.05) is 13.8 Å². The molecule has 4 rings (SSSR count). The van der Waals surface area contributed by atoms with Gasteiger partial charge < -0.3 is 4.90 Å². The number of aryl methyl sites for hydroxylation is 2. The Bertz CT molecular complexity index is 534. The maximum absolute atomic E-state index is 12.7. The molecule has 1 aromatic heterocycles. The first-order chi connectivity index (χ1) is 11.1. The van der Waals surface area contributed by atoms with Crippen molar-refractivity contribution >= 4 is 5.91 Å². The predicted molar refractivity (Wildman–Crippen MR) is 91.3 cm³/mol. The average Bonchev–Trinajstić information content (AvgIpc) is 2.72. The van der Waals surface area contributed by atoms with Crippen LogP contribution in [0.3, 0.4) is 0 Å². The van der Waals surface area contributed by atoms with Crippen LogP contribution in [-0.4, -0.2) is 58.1 Å². The van der Waals surface area contributed by atoms with Crippen LogP contribution < -0.4 is 0 Å². The van der Waals surface area contributed by atoms with Crippen molar-refractivity contribution in [1.29, 1.82) is 0 Å². The number of aromatic amines is 1. The summed E-state index contributed by atoms with van der Waals surface area (Å²) in [5.41, 5.74) is 3.34. The molecule has 5 nitrogen and oxygen atoms in total. The molecule has 1 amide bonds. The Morgan fingerprint density at radius 3 is 2.78 bits per heavy atom. The smallest absolute Gasteiger partial charge is 0.222 e. The van der Waals surface area contributed by atoms with Crippen LogP contribution in [0.5, 0.6) is 0 Å². The van der Waals surface area contributed by atoms with Gasteiger partial charge in [-0.1, -0.05) is 6.92 Å². The molecule has 1 aromatic rings. The van der Waals surface area contributed by atoms with Crippen molar-refractivity contribution in [1.82, 2.24) is 20.0 Å². The van der Waals surface area contributed by atoms with Crippen molar-refractivity contribution in [2.24, 2.45) is 5.92 Å². The van der Waals surface area contributed by atoms with Gasteiger partial charge in [0.1, 0.15) is 0 Å². The van der Waals surface area contributed by atoms with Crippen molar-refractivity contribution in [3.8, 4) is 0 Å². The van der Waals surface area contributed by atoms with E-state index < -0.39 is 0 Å². The number of hydrogen-bond acceptors (Lipinski definition) is 3. The maximum Gasteiger partial charge on any atom is 0.222 e. The lowest BCUT2D eigenvalue weighted by molar-refractivity contribution is -0.131. The highest BCUT2D eigenvalue weighted by atomic mass is 16.2. The zero-order valence-electron chi connectivity index (χ0n) is 14.8. The van der Waals surface area contributed by atoms with Crippen LogP contribution in [0.1, 0.15) is 49.6 Å². The zero-order valence-corrected chi connectivity index (χ0v) is 14.8. The van der Waals surface area contributed by atoms with Crippen LogP contribution in [0.15, 0.2) is 0 Å². The molecular weight excluding hydrogens is 288 g/mol. The average molecular weight is 318 g/mol. The normalized spacial score (nSPS) is 24.9. The lowest BCUT2D eigenvalue weighted by Gasteiger charge is -2.35. The molecule has 0 aliphatic carbocycles. The minimum Gasteiger partial charge on any atom is -0.341 e. The molecule has 4 heterocycles. The van der Waals surface area contributed by atoms with E-state index in [0.29, 0.717) is 24.3 Å². The quantitative estimate of drug-likeness (QED) is 0.906. The third-order valence-electron chi connectivity index (χ3n) is 5.56. The van der Waals surface area contributed by atoms with Gasteiger partial charge in [-0.3, -0.25) is 14.8 Å². The maximum atomic E-state index is 12.7. The number of carbonyl (C=O) groups is 1. The van der Waals surface area contributed by atoms with Crippen LogP contribution in [0.25, 0.3) is 0 Å². The van der Waals surface area contributed by atoms with Gasteiger partial charge in [0.25, 0.3) is 0 Å². The summed E-state index contributed by atoms with van der Waals surface area (Å²) in [5, 5.41) is 7.24. The molecule has 5 heteroatoms. The molecular formula is C18H30N4O. The SMILES string of the molecule is CCCN1C[C@H]2CC[C@@H]1CN(C(=O)CCc1c(C)n[nH]c1C)C2. The second kappa shape index (κ2) is 7.04. The minimum atomic E-state index is 0.320. The number of hydrogen-bond donors (Lipinski definition) is 1. The fraction of sp³-hybridized carbons (Fsp3) is 0.778. The van der Waals surface area contributed by atoms with Gasteiger partial charge in [0.15, 0.2) is 0 Å². The van der Waals surface area contributed by atoms with Gasteiger partial charge in [-0.15, -0.1) is 0 Å². The summed E-state index contributed by atoms with van der Waals surface area (Å²) >= 11 is 0. The third kappa shape index (κ3) is 3.60. The van der Waals surface area contributed by atoms with Gasteiger partial charge in [0, 0.05) is 37.8 Å². The first kappa shape index (κ1) is 16.5. The fourth-order valence-corrected chi connectivity index (χ4v) is 4.28. The van der Waals surface area contributed by atoms with Crippen molar-refractivity contribution in [3.05, 3.63) is 17.0 Å². The summed E-state index contributed by atoms with van der Waals surface area (Å²) in [6.45, 7) is 10.5. The number of nitrogens with zero attached hydrogens (tertiary/aromatic N) is 3. The van der Waals surface area contributed by atoms with Gasteiger partial charge in [-0.2, -0.15) is 5.10 Å². The molecule has 0 saturated carbocycles. The van der Waals surface area contributed by atoms with Crippen molar-refractivity contribution in [2.45, 2.75) is 58.9 Å². The molecule has 23 heavy (non-hydrogen) atoms. The number of piperidine rings is 1. The van der Waals surface area contributed by atoms with Gasteiger partial charge in [0.2, 0.25) is 5.91 Å². The molecule has 3 fully saturated rings. The van der Waals surface area contributed by atoms with Gasteiger partial charge in [-0.05, 0) is 57.6 Å². The summed E-state index contributed by atoms with van der Waals surface area (Å²) in [7, 11) is 0. The molecule has 0 unspecified atom stereocenters. The fourth-order valence-electron chi connectivity index (χ4n) is 4.28. The summed E-state index contributed by atoms with van der Waals surface area (Å²) in [6, 6.07) is 0.579. The second-order valence-corrected chi connectivity index (χ2v) is 7.30. The largest absolute Gasteiger partial charge is 0.341 e. The Morgan fingerprint density at radius 1 is 1.26 bits per heavy atom. The Kier molecular flexibility index (Phi) is 5.05. The lowest BCUT2D eigenvalue weighted by atomic mass is 9.95. The summed E-state index contributed by atoms with van der Waals surface area (Å²) in [4.78, 5) is 17.5. The van der Waals surface area contributed by atoms with E-state index in [0.717, 1.165) is 30.9 Å². The van der Waals surface area contributed by atoms with Crippen LogP contribution >= 0.6 is 0 Å². The van der Waals surface area contributed by atoms with Crippen molar-refractivity contribution in [2.75, 3.05) is 26.2 Å². The van der Waals surface area contributed by atoms with Crippen LogP contribution in [0.4, 0.5) is 0 Å². The second-order valence-electron chi connectivity index (χ2n) is 7.30. The molecule has 0 spiro atoms. The first-order valence-corrected chi connectivity index (χ1v) is 9.10. The van der Waals surface area contributed by atoms with Crippen molar-refractivity contribution in [3.63, 3.8) is 0 Å². The highest BCUT2D eigenvalue weighted by Crippen LogP contribution is 2.28. The summed E-state index contributed by atoms with van der Waals surface area (Å²) < 4.78 is 0. The Morgan fingerprint density at radius 2 is 2.09 bits per heavy atom. The van der Waals surface area contributed by atoms with E-state index >= 15 is 0 Å². The van der Waals surface area contributed by atoms with Gasteiger partial charge in [0.05, 0.1) is 5.69 Å². The van der Waals surface area contributed by atoms with E-state index in [1.54, 1.807) is 0 Å². The number of nitrogens with one attached hydrogen (secondary N) is 1. The zero-order chi connectivity index (χ0) is 16.4. The number of H-pyrrole nitrogens is 1. The van der Waals surface area contributed by atoms with Crippen molar-refractivity contribution < 1.29 is 4.79 Å². The molecule has 2 bridgehead atoms. The lowest BCUT2D eigenvalue weighted by Crippen LogP contribution is -2.44. The number of amides is 1. The first-order valence-electron chi connectivity index (χ1n) is 9.10. The Labute approximate surface area is 139 Å². The number of carbonyl (C=O) groups excluding carboxylic acids is 1. The predicted octanol–water partition coefficient (Wildman–Crippen LogP) is 2.29. The molecule has 3 aliphatic rings. The molecule has 1 N–H and O–H groups in total. The van der Waals surface area contributed by atoms with Crippen LogP contribution in [0, 0.1) is 19.8 Å². The summed E-state index contributed by atoms with van der Waals surface area (Å²) in [5.74, 6) is 0.988. The van der Waals surface area contributed by atoms with E-state index in [-0.39, 0.29) is 0 Å². The molecule has 128 valence electrons. The van der Waals surface area contributed by atoms with Crippen LogP contribution in [0.2, 0.25) is 0 Å².